The van der Waals surface area contributed by atoms with Crippen LogP contribution in [0.3, 0.4) is 0 Å². The van der Waals surface area contributed by atoms with Crippen molar-refractivity contribution in [1.29, 1.82) is 10.7 Å². The average molecular weight is 390 g/mol. The van der Waals surface area contributed by atoms with Crippen molar-refractivity contribution in [1.82, 2.24) is 9.88 Å². The summed E-state index contributed by atoms with van der Waals surface area (Å²) in [4.78, 5) is 17.5. The summed E-state index contributed by atoms with van der Waals surface area (Å²) < 4.78 is 7.17. The van der Waals surface area contributed by atoms with Gasteiger partial charge in [-0.05, 0) is 47.5 Å². The first-order chi connectivity index (χ1) is 13.6. The summed E-state index contributed by atoms with van der Waals surface area (Å²) in [5, 5.41) is 19.6. The van der Waals surface area contributed by atoms with E-state index in [-0.39, 0.29) is 11.8 Å². The molecule has 1 fully saturated rings. The molecule has 0 unspecified atom stereocenters. The molecule has 6 nitrogen and oxygen atoms in total. The van der Waals surface area contributed by atoms with Crippen LogP contribution >= 0.6 is 11.3 Å². The van der Waals surface area contributed by atoms with Gasteiger partial charge in [0, 0.05) is 36.3 Å². The predicted octanol–water partition coefficient (Wildman–Crippen LogP) is 4.20. The summed E-state index contributed by atoms with van der Waals surface area (Å²) in [7, 11) is 0. The molecular formula is C21H18N4O2S. The number of rotatable bonds is 5. The van der Waals surface area contributed by atoms with Gasteiger partial charge in [-0.25, -0.2) is 0 Å². The van der Waals surface area contributed by atoms with Gasteiger partial charge in [0.25, 0.3) is 5.91 Å². The summed E-state index contributed by atoms with van der Waals surface area (Å²) in [5.41, 5.74) is 1.98. The van der Waals surface area contributed by atoms with Gasteiger partial charge >= 0.3 is 0 Å². The lowest BCUT2D eigenvalue weighted by Crippen LogP contribution is -2.49. The Morgan fingerprint density at radius 3 is 3.00 bits per heavy atom. The number of nitrogens with zero attached hydrogens (tertiary/aromatic N) is 2. The highest BCUT2D eigenvalue weighted by molar-refractivity contribution is 7.17. The van der Waals surface area contributed by atoms with Crippen LogP contribution in [0.1, 0.15) is 21.6 Å². The Morgan fingerprint density at radius 1 is 1.43 bits per heavy atom. The topological polar surface area (TPSA) is 93.0 Å². The number of aromatic amines is 1. The van der Waals surface area contributed by atoms with Crippen molar-refractivity contribution in [2.24, 2.45) is 5.92 Å². The van der Waals surface area contributed by atoms with Gasteiger partial charge in [0.2, 0.25) is 0 Å². The number of hydrogen-bond donors (Lipinski definition) is 2. The molecule has 1 aliphatic rings. The number of thiophene rings is 1. The number of hydrogen-bond acceptors (Lipinski definition) is 5. The minimum absolute atomic E-state index is 0.0773. The highest BCUT2D eigenvalue weighted by Crippen LogP contribution is 2.30. The molecule has 0 bridgehead atoms. The monoisotopic (exact) mass is 390 g/mol. The van der Waals surface area contributed by atoms with Crippen molar-refractivity contribution in [3.8, 4) is 11.8 Å². The van der Waals surface area contributed by atoms with Gasteiger partial charge in [-0.15, -0.1) is 11.3 Å². The summed E-state index contributed by atoms with van der Waals surface area (Å²) in [6, 6.07) is 10.1. The van der Waals surface area contributed by atoms with Gasteiger partial charge in [-0.1, -0.05) is 0 Å². The Bertz CT molecular complexity index is 1130. The molecule has 1 aromatic carbocycles. The second-order valence-corrected chi connectivity index (χ2v) is 7.61. The highest BCUT2D eigenvalue weighted by atomic mass is 32.1. The summed E-state index contributed by atoms with van der Waals surface area (Å²) in [5.74, 6) is 0.970. The molecule has 0 atom stereocenters. The van der Waals surface area contributed by atoms with Crippen LogP contribution in [-0.4, -0.2) is 35.1 Å². The van der Waals surface area contributed by atoms with Crippen molar-refractivity contribution in [2.45, 2.75) is 6.92 Å². The lowest BCUT2D eigenvalue weighted by atomic mass is 10.00. The number of H-pyrrole nitrogens is 1. The quantitative estimate of drug-likeness (QED) is 0.505. The fourth-order valence-electron chi connectivity index (χ4n) is 3.24. The van der Waals surface area contributed by atoms with E-state index in [4.69, 9.17) is 15.4 Å². The van der Waals surface area contributed by atoms with Crippen LogP contribution in [0.25, 0.3) is 15.8 Å². The van der Waals surface area contributed by atoms with Gasteiger partial charge in [-0.2, -0.15) is 5.26 Å². The second-order valence-electron chi connectivity index (χ2n) is 6.66. The lowest BCUT2D eigenvalue weighted by Gasteiger charge is -2.35. The second kappa shape index (κ2) is 7.33. The zero-order chi connectivity index (χ0) is 19.7. The maximum atomic E-state index is 12.7. The van der Waals surface area contributed by atoms with Gasteiger partial charge in [-0.3, -0.25) is 4.79 Å². The Balaban J connectivity index is 1.59. The third-order valence-electron chi connectivity index (χ3n) is 4.86. The maximum absolute atomic E-state index is 12.7. The minimum Gasteiger partial charge on any atom is -0.455 e. The number of nitriles is 1. The number of benzene rings is 1. The molecule has 1 saturated heterocycles. The van der Waals surface area contributed by atoms with Crippen LogP contribution in [-0.2, 0) is 0 Å². The molecule has 3 aromatic rings. The van der Waals surface area contributed by atoms with Crippen LogP contribution in [0.15, 0.2) is 41.9 Å². The van der Waals surface area contributed by atoms with Crippen molar-refractivity contribution in [2.75, 3.05) is 13.1 Å². The van der Waals surface area contributed by atoms with Crippen molar-refractivity contribution in [3.05, 3.63) is 58.7 Å². The maximum Gasteiger partial charge on any atom is 0.255 e. The number of amides is 1. The molecule has 1 aliphatic heterocycles. The molecule has 140 valence electrons. The van der Waals surface area contributed by atoms with Crippen molar-refractivity contribution < 1.29 is 9.53 Å². The van der Waals surface area contributed by atoms with Gasteiger partial charge in [0.05, 0.1) is 23.2 Å². The molecule has 3 heterocycles. The standard InChI is InChI=1S/C21H18N4O2S/c1-13-17(21(26)25-11-14(9-23)12-25)10-24-20(13)18(4-6-22)27-16-3-2-15-5-7-28-19(15)8-16/h2-8,10,14,22,24H,11-12H2,1H3/b18-4+,22-6?. The molecule has 0 saturated carbocycles. The number of nitrogens with one attached hydrogen (secondary N) is 2. The molecule has 7 heteroatoms. The lowest BCUT2D eigenvalue weighted by molar-refractivity contribution is 0.0577. The predicted molar refractivity (Wildman–Crippen MR) is 110 cm³/mol. The third kappa shape index (κ3) is 3.19. The van der Waals surface area contributed by atoms with E-state index < -0.39 is 0 Å². The van der Waals surface area contributed by atoms with E-state index in [2.05, 4.69) is 17.1 Å². The molecule has 28 heavy (non-hydrogen) atoms. The van der Waals surface area contributed by atoms with Crippen LogP contribution < -0.4 is 4.74 Å². The van der Waals surface area contributed by atoms with E-state index in [1.807, 2.05) is 30.5 Å². The molecule has 0 aliphatic carbocycles. The number of carbonyl (C=O) groups is 1. The third-order valence-corrected chi connectivity index (χ3v) is 5.74. The summed E-state index contributed by atoms with van der Waals surface area (Å²) in [6.07, 6.45) is 4.38. The van der Waals surface area contributed by atoms with Crippen LogP contribution in [0.4, 0.5) is 0 Å². The molecule has 0 spiro atoms. The normalized spacial score (nSPS) is 14.6. The fraction of sp³-hybridized carbons (Fsp3) is 0.190. The van der Waals surface area contributed by atoms with E-state index in [9.17, 15) is 4.79 Å². The Hall–Kier alpha value is -3.37. The zero-order valence-corrected chi connectivity index (χ0v) is 16.0. The average Bonchev–Trinajstić information content (AvgIpc) is 3.26. The number of ether oxygens (including phenoxy) is 1. The first-order valence-corrected chi connectivity index (χ1v) is 9.71. The molecular weight excluding hydrogens is 372 g/mol. The first kappa shape index (κ1) is 18.0. The number of likely N-dealkylation sites (tertiary alicyclic amines) is 1. The van der Waals surface area contributed by atoms with E-state index in [0.717, 1.165) is 21.9 Å². The van der Waals surface area contributed by atoms with Gasteiger partial charge in [0.1, 0.15) is 5.75 Å². The molecule has 2 aromatic heterocycles. The Morgan fingerprint density at radius 2 is 2.25 bits per heavy atom. The van der Waals surface area contributed by atoms with E-state index in [1.165, 1.54) is 0 Å². The van der Waals surface area contributed by atoms with Gasteiger partial charge in [0.15, 0.2) is 5.76 Å². The van der Waals surface area contributed by atoms with Crippen LogP contribution in [0.5, 0.6) is 5.75 Å². The van der Waals surface area contributed by atoms with Crippen LogP contribution in [0, 0.1) is 29.6 Å². The van der Waals surface area contributed by atoms with E-state index in [1.54, 1.807) is 28.5 Å². The highest BCUT2D eigenvalue weighted by Gasteiger charge is 2.32. The van der Waals surface area contributed by atoms with E-state index in [0.29, 0.717) is 35.9 Å². The zero-order valence-electron chi connectivity index (χ0n) is 15.2. The number of carbonyl (C=O) groups excluding carboxylic acids is 1. The van der Waals surface area contributed by atoms with E-state index >= 15 is 0 Å². The van der Waals surface area contributed by atoms with Crippen molar-refractivity contribution in [3.63, 3.8) is 0 Å². The minimum atomic E-state index is -0.0966. The smallest absolute Gasteiger partial charge is 0.255 e. The first-order valence-electron chi connectivity index (χ1n) is 8.84. The number of fused-ring (bicyclic) bond motifs is 1. The Labute approximate surface area is 166 Å². The number of aromatic nitrogens is 1. The summed E-state index contributed by atoms with van der Waals surface area (Å²) in [6.45, 7) is 2.79. The molecule has 0 radical (unpaired) electrons. The number of allylic oxidation sites excluding steroid dienone is 1. The largest absolute Gasteiger partial charge is 0.455 e. The molecule has 2 N–H and O–H groups in total. The SMILES string of the molecule is Cc1c(C(=O)N2CC(C#N)C2)c[nH]c1/C(=C\C=N)Oc1ccc2ccsc2c1. The summed E-state index contributed by atoms with van der Waals surface area (Å²) >= 11 is 1.64. The van der Waals surface area contributed by atoms with Gasteiger partial charge < -0.3 is 20.0 Å². The van der Waals surface area contributed by atoms with Crippen LogP contribution in [0.2, 0.25) is 0 Å². The van der Waals surface area contributed by atoms with Crippen molar-refractivity contribution >= 4 is 39.3 Å². The fourth-order valence-corrected chi connectivity index (χ4v) is 4.06. The molecule has 1 amide bonds. The molecule has 4 rings (SSSR count). The Kier molecular flexibility index (Phi) is 4.72.